The Labute approximate surface area is 129 Å². The fourth-order valence-electron chi connectivity index (χ4n) is 2.34. The zero-order chi connectivity index (χ0) is 15.4. The lowest BCUT2D eigenvalue weighted by molar-refractivity contribution is -0.141. The van der Waals surface area contributed by atoms with Crippen LogP contribution in [-0.2, 0) is 9.59 Å². The number of hydrogen-bond donors (Lipinski definition) is 2. The minimum Gasteiger partial charge on any atom is -0.483 e. The van der Waals surface area contributed by atoms with Crippen molar-refractivity contribution < 1.29 is 23.8 Å². The third-order valence-corrected chi connectivity index (χ3v) is 4.02. The van der Waals surface area contributed by atoms with E-state index in [1.807, 2.05) is 0 Å². The van der Waals surface area contributed by atoms with Crippen molar-refractivity contribution in [1.82, 2.24) is 5.32 Å². The highest BCUT2D eigenvalue weighted by atomic mass is 79.9. The van der Waals surface area contributed by atoms with Gasteiger partial charge in [0, 0.05) is 6.04 Å². The maximum absolute atomic E-state index is 12.9. The molecule has 2 atom stereocenters. The molecule has 0 spiro atoms. The number of ether oxygens (including phenoxy) is 1. The standard InChI is InChI=1S/C14H15BrFNO4/c15-11-6-9(16)2-4-12(11)21-7-13(18)17-10-3-1-8(5-10)14(19)20/h2,4,6,8,10H,1,3,5,7H2,(H,17,18)(H,19,20)/t8-,10+/m1/s1. The Balaban J connectivity index is 1.79. The first-order chi connectivity index (χ1) is 9.95. The van der Waals surface area contributed by atoms with Crippen LogP contribution in [0.2, 0.25) is 0 Å². The van der Waals surface area contributed by atoms with Gasteiger partial charge in [-0.3, -0.25) is 9.59 Å². The second kappa shape index (κ2) is 6.89. The Morgan fingerprint density at radius 3 is 2.81 bits per heavy atom. The monoisotopic (exact) mass is 359 g/mol. The number of carboxylic acid groups (broad SMARTS) is 1. The maximum Gasteiger partial charge on any atom is 0.306 e. The zero-order valence-electron chi connectivity index (χ0n) is 11.1. The minimum absolute atomic E-state index is 0.126. The second-order valence-electron chi connectivity index (χ2n) is 4.98. The summed E-state index contributed by atoms with van der Waals surface area (Å²) in [6, 6.07) is 3.80. The Morgan fingerprint density at radius 2 is 2.19 bits per heavy atom. The molecule has 1 aliphatic carbocycles. The van der Waals surface area contributed by atoms with Gasteiger partial charge in [-0.05, 0) is 53.4 Å². The van der Waals surface area contributed by atoms with Crippen LogP contribution in [0.15, 0.2) is 22.7 Å². The SMILES string of the molecule is O=C(COc1ccc(F)cc1Br)N[C@H]1CC[C@@H](C(=O)O)C1. The van der Waals surface area contributed by atoms with E-state index in [2.05, 4.69) is 21.2 Å². The molecule has 1 aliphatic rings. The number of benzene rings is 1. The second-order valence-corrected chi connectivity index (χ2v) is 5.83. The van der Waals surface area contributed by atoms with Crippen LogP contribution in [0.3, 0.4) is 0 Å². The number of carboxylic acids is 1. The van der Waals surface area contributed by atoms with E-state index in [0.29, 0.717) is 29.5 Å². The summed E-state index contributed by atoms with van der Waals surface area (Å²) < 4.78 is 18.6. The van der Waals surface area contributed by atoms with Crippen molar-refractivity contribution in [3.8, 4) is 5.75 Å². The smallest absolute Gasteiger partial charge is 0.306 e. The molecule has 0 aromatic heterocycles. The van der Waals surface area contributed by atoms with Crippen LogP contribution < -0.4 is 10.1 Å². The Morgan fingerprint density at radius 1 is 1.43 bits per heavy atom. The topological polar surface area (TPSA) is 75.6 Å². The lowest BCUT2D eigenvalue weighted by Gasteiger charge is -2.13. The van der Waals surface area contributed by atoms with Gasteiger partial charge in [-0.25, -0.2) is 4.39 Å². The molecule has 1 aromatic carbocycles. The number of halogens is 2. The molecule has 1 aromatic rings. The van der Waals surface area contributed by atoms with Gasteiger partial charge >= 0.3 is 5.97 Å². The Hall–Kier alpha value is -1.63. The summed E-state index contributed by atoms with van der Waals surface area (Å²) in [5, 5.41) is 11.6. The van der Waals surface area contributed by atoms with Crippen molar-refractivity contribution in [1.29, 1.82) is 0 Å². The summed E-state index contributed by atoms with van der Waals surface area (Å²) in [5.41, 5.74) is 0. The summed E-state index contributed by atoms with van der Waals surface area (Å²) in [4.78, 5) is 22.6. The quantitative estimate of drug-likeness (QED) is 0.845. The first kappa shape index (κ1) is 15.8. The van der Waals surface area contributed by atoms with Crippen LogP contribution in [0.1, 0.15) is 19.3 Å². The van der Waals surface area contributed by atoms with Crippen LogP contribution in [0.5, 0.6) is 5.75 Å². The van der Waals surface area contributed by atoms with E-state index in [1.165, 1.54) is 18.2 Å². The third kappa shape index (κ3) is 4.42. The van der Waals surface area contributed by atoms with Crippen LogP contribution in [0, 0.1) is 11.7 Å². The fraction of sp³-hybridized carbons (Fsp3) is 0.429. The molecule has 7 heteroatoms. The minimum atomic E-state index is -0.821. The van der Waals surface area contributed by atoms with Crippen molar-refractivity contribution in [2.24, 2.45) is 5.92 Å². The molecule has 0 bridgehead atoms. The van der Waals surface area contributed by atoms with E-state index < -0.39 is 11.8 Å². The molecule has 0 radical (unpaired) electrons. The van der Waals surface area contributed by atoms with Gasteiger partial charge in [0.15, 0.2) is 6.61 Å². The van der Waals surface area contributed by atoms with E-state index in [-0.39, 0.29) is 24.5 Å². The number of aliphatic carboxylic acids is 1. The molecule has 2 rings (SSSR count). The number of carbonyl (C=O) groups is 2. The predicted molar refractivity (Wildman–Crippen MR) is 76.5 cm³/mol. The molecule has 21 heavy (non-hydrogen) atoms. The van der Waals surface area contributed by atoms with Crippen molar-refractivity contribution >= 4 is 27.8 Å². The average Bonchev–Trinajstić information content (AvgIpc) is 2.86. The molecule has 0 heterocycles. The summed E-state index contributed by atoms with van der Waals surface area (Å²) in [6.07, 6.45) is 1.68. The molecule has 5 nitrogen and oxygen atoms in total. The number of carbonyl (C=O) groups excluding carboxylic acids is 1. The highest BCUT2D eigenvalue weighted by Crippen LogP contribution is 2.26. The lowest BCUT2D eigenvalue weighted by atomic mass is 10.1. The molecule has 114 valence electrons. The molecule has 2 N–H and O–H groups in total. The Bertz CT molecular complexity index is 552. The van der Waals surface area contributed by atoms with Crippen LogP contribution in [0.25, 0.3) is 0 Å². The van der Waals surface area contributed by atoms with Crippen LogP contribution in [-0.4, -0.2) is 29.6 Å². The van der Waals surface area contributed by atoms with Crippen molar-refractivity contribution in [2.45, 2.75) is 25.3 Å². The first-order valence-electron chi connectivity index (χ1n) is 6.55. The van der Waals surface area contributed by atoms with Gasteiger partial charge in [0.2, 0.25) is 0 Å². The van der Waals surface area contributed by atoms with Crippen LogP contribution >= 0.6 is 15.9 Å². The van der Waals surface area contributed by atoms with Gasteiger partial charge in [0.05, 0.1) is 10.4 Å². The fourth-order valence-corrected chi connectivity index (χ4v) is 2.81. The Kier molecular flexibility index (Phi) is 5.17. The van der Waals surface area contributed by atoms with E-state index in [4.69, 9.17) is 9.84 Å². The maximum atomic E-state index is 12.9. The zero-order valence-corrected chi connectivity index (χ0v) is 12.7. The number of amides is 1. The lowest BCUT2D eigenvalue weighted by Crippen LogP contribution is -2.36. The summed E-state index contributed by atoms with van der Waals surface area (Å²) in [6.45, 7) is -0.196. The predicted octanol–water partition coefficient (Wildman–Crippen LogP) is 2.34. The van der Waals surface area contributed by atoms with Gasteiger partial charge in [-0.1, -0.05) is 0 Å². The van der Waals surface area contributed by atoms with Crippen LogP contribution in [0.4, 0.5) is 4.39 Å². The third-order valence-electron chi connectivity index (χ3n) is 3.40. The van der Waals surface area contributed by atoms with Crippen molar-refractivity contribution in [3.63, 3.8) is 0 Å². The molecular formula is C14H15BrFNO4. The highest BCUT2D eigenvalue weighted by Gasteiger charge is 2.30. The molecule has 0 aliphatic heterocycles. The van der Waals surface area contributed by atoms with Gasteiger partial charge in [0.1, 0.15) is 11.6 Å². The first-order valence-corrected chi connectivity index (χ1v) is 7.35. The number of nitrogens with one attached hydrogen (secondary N) is 1. The largest absolute Gasteiger partial charge is 0.483 e. The highest BCUT2D eigenvalue weighted by molar-refractivity contribution is 9.10. The average molecular weight is 360 g/mol. The molecule has 0 unspecified atom stereocenters. The van der Waals surface area contributed by atoms with E-state index in [0.717, 1.165) is 0 Å². The molecule has 1 amide bonds. The molecule has 1 fully saturated rings. The van der Waals surface area contributed by atoms with E-state index in [1.54, 1.807) is 0 Å². The summed E-state index contributed by atoms with van der Waals surface area (Å²) >= 11 is 3.15. The summed E-state index contributed by atoms with van der Waals surface area (Å²) in [5.74, 6) is -1.55. The molecule has 0 saturated heterocycles. The van der Waals surface area contributed by atoms with E-state index >= 15 is 0 Å². The normalized spacial score (nSPS) is 21.0. The molecular weight excluding hydrogens is 345 g/mol. The van der Waals surface area contributed by atoms with Gasteiger partial charge in [-0.2, -0.15) is 0 Å². The number of rotatable bonds is 5. The van der Waals surface area contributed by atoms with Gasteiger partial charge < -0.3 is 15.2 Å². The van der Waals surface area contributed by atoms with Gasteiger partial charge in [-0.15, -0.1) is 0 Å². The van der Waals surface area contributed by atoms with Gasteiger partial charge in [0.25, 0.3) is 5.91 Å². The summed E-state index contributed by atoms with van der Waals surface area (Å²) in [7, 11) is 0. The number of hydrogen-bond acceptors (Lipinski definition) is 3. The van der Waals surface area contributed by atoms with E-state index in [9.17, 15) is 14.0 Å². The van der Waals surface area contributed by atoms with Crippen molar-refractivity contribution in [2.75, 3.05) is 6.61 Å². The molecule has 1 saturated carbocycles. The van der Waals surface area contributed by atoms with Crippen molar-refractivity contribution in [3.05, 3.63) is 28.5 Å².